The summed E-state index contributed by atoms with van der Waals surface area (Å²) in [7, 11) is 1.56. The quantitative estimate of drug-likeness (QED) is 0.835. The van der Waals surface area contributed by atoms with E-state index in [1.165, 1.54) is 0 Å². The third kappa shape index (κ3) is 3.23. The molecule has 0 radical (unpaired) electrons. The molecule has 2 aromatic rings. The maximum absolute atomic E-state index is 8.79. The van der Waals surface area contributed by atoms with Gasteiger partial charge in [-0.3, -0.25) is 0 Å². The molecule has 0 fully saturated rings. The second kappa shape index (κ2) is 6.83. The van der Waals surface area contributed by atoms with E-state index >= 15 is 0 Å². The third-order valence-corrected chi connectivity index (χ3v) is 3.27. The Kier molecular flexibility index (Phi) is 4.86. The van der Waals surface area contributed by atoms with Gasteiger partial charge in [0.25, 0.3) is 0 Å². The lowest BCUT2D eigenvalue weighted by molar-refractivity contribution is 0.284. The molecule has 0 spiro atoms. The van der Waals surface area contributed by atoms with Crippen LogP contribution in [-0.4, -0.2) is 7.11 Å². The molecule has 0 aliphatic heterocycles. The van der Waals surface area contributed by atoms with Crippen LogP contribution in [0.3, 0.4) is 0 Å². The summed E-state index contributed by atoms with van der Waals surface area (Å²) in [6.07, 6.45) is 0.241. The first-order valence-electron chi connectivity index (χ1n) is 6.15. The van der Waals surface area contributed by atoms with Gasteiger partial charge < -0.3 is 9.47 Å². The molecule has 20 heavy (non-hydrogen) atoms. The Labute approximate surface area is 123 Å². The van der Waals surface area contributed by atoms with Crippen LogP contribution in [0.4, 0.5) is 0 Å². The Morgan fingerprint density at radius 2 is 1.90 bits per heavy atom. The van der Waals surface area contributed by atoms with Gasteiger partial charge in [-0.25, -0.2) is 0 Å². The molecule has 102 valence electrons. The first kappa shape index (κ1) is 14.2. The number of halogens is 1. The molecule has 3 nitrogen and oxygen atoms in total. The van der Waals surface area contributed by atoms with E-state index in [4.69, 9.17) is 26.3 Å². The van der Waals surface area contributed by atoms with Crippen molar-refractivity contribution in [3.8, 4) is 17.6 Å². The summed E-state index contributed by atoms with van der Waals surface area (Å²) in [6, 6.07) is 15.4. The Morgan fingerprint density at radius 1 is 1.15 bits per heavy atom. The number of benzene rings is 2. The number of rotatable bonds is 5. The first-order valence-corrected chi connectivity index (χ1v) is 6.53. The second-order valence-corrected chi connectivity index (χ2v) is 4.56. The summed E-state index contributed by atoms with van der Waals surface area (Å²) in [5, 5.41) is 9.22. The van der Waals surface area contributed by atoms with Crippen LogP contribution >= 0.6 is 11.6 Å². The summed E-state index contributed by atoms with van der Waals surface area (Å²) >= 11 is 6.28. The molecule has 0 aliphatic rings. The highest BCUT2D eigenvalue weighted by Crippen LogP contribution is 2.38. The molecular formula is C16H14ClNO2. The van der Waals surface area contributed by atoms with E-state index in [9.17, 15) is 0 Å². The fourth-order valence-electron chi connectivity index (χ4n) is 1.83. The van der Waals surface area contributed by atoms with Gasteiger partial charge in [0.15, 0.2) is 11.5 Å². The van der Waals surface area contributed by atoms with Crippen molar-refractivity contribution < 1.29 is 9.47 Å². The summed E-state index contributed by atoms with van der Waals surface area (Å²) in [5.41, 5.74) is 1.77. The topological polar surface area (TPSA) is 42.2 Å². The molecule has 0 amide bonds. The van der Waals surface area contributed by atoms with Crippen molar-refractivity contribution in [3.63, 3.8) is 0 Å². The van der Waals surface area contributed by atoms with E-state index < -0.39 is 0 Å². The van der Waals surface area contributed by atoms with Crippen molar-refractivity contribution in [1.29, 1.82) is 5.26 Å². The smallest absolute Gasteiger partial charge is 0.180 e. The predicted molar refractivity (Wildman–Crippen MR) is 78.1 cm³/mol. The minimum Gasteiger partial charge on any atom is -0.493 e. The molecule has 0 saturated heterocycles. The zero-order chi connectivity index (χ0) is 14.4. The Bertz CT molecular complexity index is 620. The van der Waals surface area contributed by atoms with Crippen LogP contribution < -0.4 is 9.47 Å². The molecule has 0 N–H and O–H groups in total. The van der Waals surface area contributed by atoms with Crippen molar-refractivity contribution in [2.75, 3.05) is 7.11 Å². The van der Waals surface area contributed by atoms with E-state index in [1.54, 1.807) is 19.2 Å². The van der Waals surface area contributed by atoms with Crippen LogP contribution in [0.15, 0.2) is 42.5 Å². The number of nitriles is 1. The van der Waals surface area contributed by atoms with Gasteiger partial charge in [-0.15, -0.1) is 0 Å². The summed E-state index contributed by atoms with van der Waals surface area (Å²) in [5.74, 6) is 1.04. The van der Waals surface area contributed by atoms with Crippen molar-refractivity contribution in [2.45, 2.75) is 13.0 Å². The molecule has 2 aromatic carbocycles. The zero-order valence-corrected chi connectivity index (χ0v) is 11.9. The van der Waals surface area contributed by atoms with Crippen molar-refractivity contribution in [2.24, 2.45) is 0 Å². The number of hydrogen-bond donors (Lipinski definition) is 0. The van der Waals surface area contributed by atoms with Gasteiger partial charge in [0.1, 0.15) is 6.61 Å². The maximum Gasteiger partial charge on any atom is 0.180 e. The first-order chi connectivity index (χ1) is 9.76. The summed E-state index contributed by atoms with van der Waals surface area (Å²) in [6.45, 7) is 0.396. The Hall–Kier alpha value is -2.18. The normalized spacial score (nSPS) is 9.85. The van der Waals surface area contributed by atoms with Crippen molar-refractivity contribution >= 4 is 11.6 Å². The number of ether oxygens (including phenoxy) is 2. The summed E-state index contributed by atoms with van der Waals surface area (Å²) < 4.78 is 11.0. The number of methoxy groups -OCH3 is 1. The van der Waals surface area contributed by atoms with Gasteiger partial charge in [-0.2, -0.15) is 5.26 Å². The van der Waals surface area contributed by atoms with Crippen LogP contribution in [0.1, 0.15) is 11.1 Å². The molecule has 0 heterocycles. The van der Waals surface area contributed by atoms with Crippen LogP contribution in [0.25, 0.3) is 0 Å². The molecular weight excluding hydrogens is 274 g/mol. The van der Waals surface area contributed by atoms with Crippen LogP contribution in [0.5, 0.6) is 11.5 Å². The zero-order valence-electron chi connectivity index (χ0n) is 11.1. The van der Waals surface area contributed by atoms with E-state index in [2.05, 4.69) is 6.07 Å². The minimum absolute atomic E-state index is 0.241. The highest BCUT2D eigenvalue weighted by molar-refractivity contribution is 6.33. The fourth-order valence-corrected chi connectivity index (χ4v) is 2.10. The molecule has 0 bridgehead atoms. The monoisotopic (exact) mass is 287 g/mol. The van der Waals surface area contributed by atoms with Gasteiger partial charge >= 0.3 is 0 Å². The lowest BCUT2D eigenvalue weighted by Crippen LogP contribution is -2.00. The molecule has 4 heteroatoms. The SMILES string of the molecule is COc1ccc(CC#N)c(Cl)c1OCc1ccccc1. The van der Waals surface area contributed by atoms with Gasteiger partial charge in [0.05, 0.1) is 24.6 Å². The molecule has 0 saturated carbocycles. The van der Waals surface area contributed by atoms with Gasteiger partial charge in [-0.1, -0.05) is 48.0 Å². The van der Waals surface area contributed by atoms with E-state index in [0.29, 0.717) is 23.1 Å². The van der Waals surface area contributed by atoms with Crippen molar-refractivity contribution in [3.05, 3.63) is 58.6 Å². The molecule has 0 unspecified atom stereocenters. The van der Waals surface area contributed by atoms with E-state index in [0.717, 1.165) is 11.1 Å². The predicted octanol–water partition coefficient (Wildman–Crippen LogP) is 3.99. The average Bonchev–Trinajstić information content (AvgIpc) is 2.49. The number of nitrogens with zero attached hydrogens (tertiary/aromatic N) is 1. The van der Waals surface area contributed by atoms with Crippen LogP contribution in [-0.2, 0) is 13.0 Å². The average molecular weight is 288 g/mol. The van der Waals surface area contributed by atoms with Gasteiger partial charge in [-0.05, 0) is 17.2 Å². The second-order valence-electron chi connectivity index (χ2n) is 4.18. The fraction of sp³-hybridized carbons (Fsp3) is 0.188. The number of hydrogen-bond acceptors (Lipinski definition) is 3. The minimum atomic E-state index is 0.241. The lowest BCUT2D eigenvalue weighted by atomic mass is 10.1. The molecule has 2 rings (SSSR count). The molecule has 0 atom stereocenters. The van der Waals surface area contributed by atoms with E-state index in [1.807, 2.05) is 30.3 Å². The largest absolute Gasteiger partial charge is 0.493 e. The Balaban J connectivity index is 2.25. The van der Waals surface area contributed by atoms with Crippen molar-refractivity contribution in [1.82, 2.24) is 0 Å². The standard InChI is InChI=1S/C16H14ClNO2/c1-19-14-8-7-13(9-10-18)15(17)16(14)20-11-12-5-3-2-4-6-12/h2-8H,9,11H2,1H3. The Morgan fingerprint density at radius 3 is 2.55 bits per heavy atom. The third-order valence-electron chi connectivity index (χ3n) is 2.86. The van der Waals surface area contributed by atoms with Gasteiger partial charge in [0, 0.05) is 0 Å². The highest BCUT2D eigenvalue weighted by atomic mass is 35.5. The maximum atomic E-state index is 8.79. The molecule has 0 aliphatic carbocycles. The summed E-state index contributed by atoms with van der Waals surface area (Å²) in [4.78, 5) is 0. The van der Waals surface area contributed by atoms with E-state index in [-0.39, 0.29) is 6.42 Å². The molecule has 0 aromatic heterocycles. The highest BCUT2D eigenvalue weighted by Gasteiger charge is 2.14. The van der Waals surface area contributed by atoms with Crippen LogP contribution in [0, 0.1) is 11.3 Å². The van der Waals surface area contributed by atoms with Crippen LogP contribution in [0.2, 0.25) is 5.02 Å². The lowest BCUT2D eigenvalue weighted by Gasteiger charge is -2.14. The van der Waals surface area contributed by atoms with Gasteiger partial charge in [0.2, 0.25) is 0 Å².